The Morgan fingerprint density at radius 2 is 2.07 bits per heavy atom. The second kappa shape index (κ2) is 5.67. The van der Waals surface area contributed by atoms with E-state index in [2.05, 4.69) is 17.6 Å². The van der Waals surface area contributed by atoms with Gasteiger partial charge in [0.05, 0.1) is 0 Å². The zero-order chi connectivity index (χ0) is 10.4. The fraction of sp³-hybridized carbons (Fsp3) is 0.300. The summed E-state index contributed by atoms with van der Waals surface area (Å²) >= 11 is 4.30. The molecular formula is C10H15N3S. The molecule has 0 aliphatic rings. The first-order valence-corrected chi connectivity index (χ1v) is 4.98. The quantitative estimate of drug-likeness (QED) is 0.300. The van der Waals surface area contributed by atoms with Gasteiger partial charge in [-0.3, -0.25) is 4.99 Å². The summed E-state index contributed by atoms with van der Waals surface area (Å²) in [5.74, 6) is 0.532. The summed E-state index contributed by atoms with van der Waals surface area (Å²) in [7, 11) is 0. The Bertz CT molecular complexity index is 323. The highest BCUT2D eigenvalue weighted by Gasteiger charge is 2.00. The lowest BCUT2D eigenvalue weighted by atomic mass is 10.2. The van der Waals surface area contributed by atoms with Gasteiger partial charge in [-0.05, 0) is 19.0 Å². The van der Waals surface area contributed by atoms with Crippen LogP contribution in [-0.2, 0) is 0 Å². The molecule has 76 valence electrons. The van der Waals surface area contributed by atoms with E-state index < -0.39 is 0 Å². The minimum absolute atomic E-state index is 0.532. The number of rotatable bonds is 4. The van der Waals surface area contributed by atoms with Crippen molar-refractivity contribution < 1.29 is 0 Å². The topological polar surface area (TPSA) is 64.4 Å². The van der Waals surface area contributed by atoms with E-state index in [0.717, 1.165) is 16.9 Å². The van der Waals surface area contributed by atoms with E-state index in [4.69, 9.17) is 11.5 Å². The molecule has 0 bridgehead atoms. The number of benzene rings is 1. The first kappa shape index (κ1) is 11.1. The molecule has 0 saturated carbocycles. The van der Waals surface area contributed by atoms with E-state index in [1.165, 1.54) is 0 Å². The van der Waals surface area contributed by atoms with Crippen LogP contribution in [0.2, 0.25) is 0 Å². The van der Waals surface area contributed by atoms with E-state index in [9.17, 15) is 0 Å². The summed E-state index contributed by atoms with van der Waals surface area (Å²) in [5.41, 5.74) is 12.0. The van der Waals surface area contributed by atoms with Gasteiger partial charge >= 0.3 is 0 Å². The van der Waals surface area contributed by atoms with Crippen molar-refractivity contribution in [1.29, 1.82) is 0 Å². The largest absolute Gasteiger partial charge is 0.383 e. The average Bonchev–Trinajstić information content (AvgIpc) is 2.18. The molecule has 0 aliphatic carbocycles. The van der Waals surface area contributed by atoms with Gasteiger partial charge in [0.15, 0.2) is 0 Å². The third-order valence-corrected chi connectivity index (χ3v) is 2.21. The minimum atomic E-state index is 0.532. The SMILES string of the molecule is NCCCN=C(N)c1ccccc1S. The van der Waals surface area contributed by atoms with Gasteiger partial charge in [-0.1, -0.05) is 18.2 Å². The molecule has 0 radical (unpaired) electrons. The van der Waals surface area contributed by atoms with Gasteiger partial charge in [0.1, 0.15) is 5.84 Å². The summed E-state index contributed by atoms with van der Waals surface area (Å²) in [4.78, 5) is 5.06. The van der Waals surface area contributed by atoms with Crippen LogP contribution in [0.3, 0.4) is 0 Å². The fourth-order valence-corrected chi connectivity index (χ4v) is 1.34. The minimum Gasteiger partial charge on any atom is -0.383 e. The van der Waals surface area contributed by atoms with E-state index >= 15 is 0 Å². The lowest BCUT2D eigenvalue weighted by Gasteiger charge is -2.03. The standard InChI is InChI=1S/C10H15N3S/c11-6-3-7-13-10(12)8-4-1-2-5-9(8)14/h1-2,4-5,14H,3,6-7,11H2,(H2,12,13). The number of hydrogen-bond acceptors (Lipinski definition) is 3. The van der Waals surface area contributed by atoms with E-state index in [1.807, 2.05) is 24.3 Å². The molecule has 0 spiro atoms. The number of nitrogens with two attached hydrogens (primary N) is 2. The Morgan fingerprint density at radius 1 is 1.36 bits per heavy atom. The van der Waals surface area contributed by atoms with Crippen LogP contribution in [0.15, 0.2) is 34.2 Å². The molecule has 1 rings (SSSR count). The number of thiol groups is 1. The molecule has 0 heterocycles. The van der Waals surface area contributed by atoms with Crippen molar-refractivity contribution in [3.8, 4) is 0 Å². The zero-order valence-electron chi connectivity index (χ0n) is 7.98. The van der Waals surface area contributed by atoms with Gasteiger partial charge in [0.2, 0.25) is 0 Å². The molecule has 1 aromatic rings. The summed E-state index contributed by atoms with van der Waals surface area (Å²) in [6.07, 6.45) is 0.857. The molecule has 0 fully saturated rings. The van der Waals surface area contributed by atoms with Crippen molar-refractivity contribution in [3.05, 3.63) is 29.8 Å². The molecule has 14 heavy (non-hydrogen) atoms. The highest BCUT2D eigenvalue weighted by atomic mass is 32.1. The molecule has 4 heteroatoms. The lowest BCUT2D eigenvalue weighted by molar-refractivity contribution is 0.843. The number of nitrogens with zero attached hydrogens (tertiary/aromatic N) is 1. The number of amidine groups is 1. The Balaban J connectivity index is 2.73. The van der Waals surface area contributed by atoms with Crippen LogP contribution in [-0.4, -0.2) is 18.9 Å². The Hall–Kier alpha value is -1.00. The van der Waals surface area contributed by atoms with E-state index in [1.54, 1.807) is 0 Å². The fourth-order valence-electron chi connectivity index (χ4n) is 1.07. The van der Waals surface area contributed by atoms with Crippen LogP contribution < -0.4 is 11.5 Å². The highest BCUT2D eigenvalue weighted by Crippen LogP contribution is 2.12. The molecule has 4 N–H and O–H groups in total. The predicted molar refractivity (Wildman–Crippen MR) is 63.0 cm³/mol. The maximum atomic E-state index is 5.80. The summed E-state index contributed by atoms with van der Waals surface area (Å²) < 4.78 is 0. The summed E-state index contributed by atoms with van der Waals surface area (Å²) in [5, 5.41) is 0. The second-order valence-electron chi connectivity index (χ2n) is 2.93. The van der Waals surface area contributed by atoms with Gasteiger partial charge in [-0.25, -0.2) is 0 Å². The molecule has 0 atom stereocenters. The maximum Gasteiger partial charge on any atom is 0.126 e. The van der Waals surface area contributed by atoms with Gasteiger partial charge in [-0.2, -0.15) is 0 Å². The number of aliphatic imine (C=N–C) groups is 1. The molecule has 0 saturated heterocycles. The third-order valence-electron chi connectivity index (χ3n) is 1.82. The summed E-state index contributed by atoms with van der Waals surface area (Å²) in [6, 6.07) is 7.63. The first-order valence-electron chi connectivity index (χ1n) is 4.54. The predicted octanol–water partition coefficient (Wildman–Crippen LogP) is 1.03. The number of hydrogen-bond donors (Lipinski definition) is 3. The molecular weight excluding hydrogens is 194 g/mol. The first-order chi connectivity index (χ1) is 6.75. The normalized spacial score (nSPS) is 11.7. The average molecular weight is 209 g/mol. The van der Waals surface area contributed by atoms with Crippen molar-refractivity contribution in [2.24, 2.45) is 16.5 Å². The van der Waals surface area contributed by atoms with Gasteiger partial charge in [0.25, 0.3) is 0 Å². The van der Waals surface area contributed by atoms with Crippen molar-refractivity contribution in [1.82, 2.24) is 0 Å². The Kier molecular flexibility index (Phi) is 4.49. The maximum absolute atomic E-state index is 5.80. The van der Waals surface area contributed by atoms with E-state index in [0.29, 0.717) is 18.9 Å². The van der Waals surface area contributed by atoms with Crippen LogP contribution in [0.5, 0.6) is 0 Å². The van der Waals surface area contributed by atoms with Gasteiger partial charge in [0, 0.05) is 17.0 Å². The van der Waals surface area contributed by atoms with Crippen molar-refractivity contribution in [3.63, 3.8) is 0 Å². The molecule has 3 nitrogen and oxygen atoms in total. The van der Waals surface area contributed by atoms with Crippen molar-refractivity contribution >= 4 is 18.5 Å². The second-order valence-corrected chi connectivity index (χ2v) is 3.41. The molecule has 0 aromatic heterocycles. The van der Waals surface area contributed by atoms with Crippen LogP contribution in [0.4, 0.5) is 0 Å². The summed E-state index contributed by atoms with van der Waals surface area (Å²) in [6.45, 7) is 1.31. The molecule has 0 amide bonds. The van der Waals surface area contributed by atoms with Crippen LogP contribution in [0, 0.1) is 0 Å². The van der Waals surface area contributed by atoms with Gasteiger partial charge < -0.3 is 11.5 Å². The molecule has 0 aliphatic heterocycles. The highest BCUT2D eigenvalue weighted by molar-refractivity contribution is 7.80. The van der Waals surface area contributed by atoms with Crippen LogP contribution in [0.1, 0.15) is 12.0 Å². The third kappa shape index (κ3) is 3.05. The monoisotopic (exact) mass is 209 g/mol. The van der Waals surface area contributed by atoms with Gasteiger partial charge in [-0.15, -0.1) is 12.6 Å². The van der Waals surface area contributed by atoms with Crippen molar-refractivity contribution in [2.75, 3.05) is 13.1 Å². The van der Waals surface area contributed by atoms with Crippen LogP contribution in [0.25, 0.3) is 0 Å². The Labute approximate surface area is 89.6 Å². The Morgan fingerprint density at radius 3 is 2.71 bits per heavy atom. The zero-order valence-corrected chi connectivity index (χ0v) is 8.87. The lowest BCUT2D eigenvalue weighted by Crippen LogP contribution is -2.15. The van der Waals surface area contributed by atoms with E-state index in [-0.39, 0.29) is 0 Å². The molecule has 1 aromatic carbocycles. The van der Waals surface area contributed by atoms with Crippen molar-refractivity contribution in [2.45, 2.75) is 11.3 Å². The smallest absolute Gasteiger partial charge is 0.126 e. The molecule has 0 unspecified atom stereocenters. The van der Waals surface area contributed by atoms with Crippen LogP contribution >= 0.6 is 12.6 Å².